The van der Waals surface area contributed by atoms with Gasteiger partial charge in [-0.05, 0) is 24.6 Å². The first-order valence-corrected chi connectivity index (χ1v) is 11.3. The van der Waals surface area contributed by atoms with Crippen LogP contribution in [-0.4, -0.2) is 26.5 Å². The average Bonchev–Trinajstić information content (AvgIpc) is 3.34. The Morgan fingerprint density at radius 3 is 2.72 bits per heavy atom. The number of nitrogens with zero attached hydrogens (tertiary/aromatic N) is 4. The third-order valence-electron chi connectivity index (χ3n) is 4.18. The number of fused-ring (bicyclic) bond motifs is 1. The fourth-order valence-corrected chi connectivity index (χ4v) is 5.55. The molecule has 144 valence electrons. The van der Waals surface area contributed by atoms with Gasteiger partial charge in [0.25, 0.3) is 0 Å². The van der Waals surface area contributed by atoms with Gasteiger partial charge in [-0.25, -0.2) is 19.3 Å². The second-order valence-corrected chi connectivity index (χ2v) is 8.87. The van der Waals surface area contributed by atoms with Crippen molar-refractivity contribution in [1.29, 1.82) is 5.26 Å². The molecule has 0 fully saturated rings. The molecule has 0 N–H and O–H groups in total. The molecule has 0 radical (unpaired) electrons. The third kappa shape index (κ3) is 4.05. The van der Waals surface area contributed by atoms with E-state index in [-0.39, 0.29) is 17.4 Å². The first-order valence-electron chi connectivity index (χ1n) is 8.52. The summed E-state index contributed by atoms with van der Waals surface area (Å²) in [4.78, 5) is 26.4. The van der Waals surface area contributed by atoms with Gasteiger partial charge in [-0.1, -0.05) is 23.9 Å². The van der Waals surface area contributed by atoms with Crippen molar-refractivity contribution in [3.63, 3.8) is 0 Å². The highest BCUT2D eigenvalue weighted by Crippen LogP contribution is 2.38. The van der Waals surface area contributed by atoms with Gasteiger partial charge < -0.3 is 0 Å². The predicted octanol–water partition coefficient (Wildman–Crippen LogP) is 5.23. The number of benzene rings is 1. The number of carbonyl (C=O) groups excluding carboxylic acids is 1. The van der Waals surface area contributed by atoms with Gasteiger partial charge in [0.05, 0.1) is 17.2 Å². The molecule has 4 rings (SSSR count). The van der Waals surface area contributed by atoms with Crippen molar-refractivity contribution in [2.45, 2.75) is 17.9 Å². The molecule has 0 saturated heterocycles. The number of aromatic nitrogens is 3. The van der Waals surface area contributed by atoms with Crippen LogP contribution in [0.3, 0.4) is 0 Å². The number of rotatable bonds is 6. The van der Waals surface area contributed by atoms with Gasteiger partial charge in [0.15, 0.2) is 11.7 Å². The molecule has 9 heteroatoms. The number of aryl methyl sites for hydroxylation is 1. The highest BCUT2D eigenvalue weighted by molar-refractivity contribution is 8.00. The van der Waals surface area contributed by atoms with Crippen molar-refractivity contribution in [3.05, 3.63) is 57.9 Å². The molecular weight excluding hydrogens is 427 g/mol. The Kier molecular flexibility index (Phi) is 5.67. The van der Waals surface area contributed by atoms with Crippen molar-refractivity contribution in [1.82, 2.24) is 15.0 Å². The Morgan fingerprint density at radius 2 is 2.03 bits per heavy atom. The molecular formula is C20H13FN4OS3. The zero-order valence-electron chi connectivity index (χ0n) is 15.1. The van der Waals surface area contributed by atoms with Gasteiger partial charge in [0, 0.05) is 22.0 Å². The summed E-state index contributed by atoms with van der Waals surface area (Å²) in [5.74, 6) is -1.29. The lowest BCUT2D eigenvalue weighted by Gasteiger charge is -2.07. The minimum absolute atomic E-state index is 0.0989. The van der Waals surface area contributed by atoms with Crippen molar-refractivity contribution >= 4 is 50.4 Å². The van der Waals surface area contributed by atoms with Crippen LogP contribution in [0.15, 0.2) is 46.4 Å². The Morgan fingerprint density at radius 1 is 1.24 bits per heavy atom. The van der Waals surface area contributed by atoms with Gasteiger partial charge >= 0.3 is 0 Å². The van der Waals surface area contributed by atoms with E-state index in [0.717, 1.165) is 27.0 Å². The molecule has 29 heavy (non-hydrogen) atoms. The monoisotopic (exact) mass is 440 g/mol. The van der Waals surface area contributed by atoms with E-state index in [1.54, 1.807) is 12.1 Å². The van der Waals surface area contributed by atoms with Crippen LogP contribution in [0.5, 0.6) is 0 Å². The molecule has 0 amide bonds. The fourth-order valence-electron chi connectivity index (χ4n) is 2.79. The summed E-state index contributed by atoms with van der Waals surface area (Å²) in [6.07, 6.45) is 1.46. The van der Waals surface area contributed by atoms with E-state index in [1.165, 1.54) is 52.9 Å². The number of nitriles is 1. The van der Waals surface area contributed by atoms with Crippen molar-refractivity contribution in [2.75, 3.05) is 5.75 Å². The summed E-state index contributed by atoms with van der Waals surface area (Å²) < 4.78 is 13.3. The number of thioether (sulfide) groups is 1. The van der Waals surface area contributed by atoms with Crippen LogP contribution in [0.4, 0.5) is 4.39 Å². The highest BCUT2D eigenvalue weighted by Gasteiger charge is 2.24. The zero-order chi connectivity index (χ0) is 20.4. The summed E-state index contributed by atoms with van der Waals surface area (Å²) in [5.41, 5.74) is 2.55. The molecule has 5 nitrogen and oxygen atoms in total. The number of thiophene rings is 1. The molecule has 0 aliphatic carbocycles. The maximum Gasteiger partial charge on any atom is 0.167 e. The number of Topliss-reactive ketones (excluding diaryl/α,β-unsaturated/α-hetero) is 1. The Hall–Kier alpha value is -2.67. The molecule has 4 aromatic rings. The summed E-state index contributed by atoms with van der Waals surface area (Å²) in [5, 5.41) is 15.2. The average molecular weight is 441 g/mol. The zero-order valence-corrected chi connectivity index (χ0v) is 17.6. The Balaban J connectivity index is 1.61. The topological polar surface area (TPSA) is 79.5 Å². The highest BCUT2D eigenvalue weighted by atomic mass is 32.2. The van der Waals surface area contributed by atoms with Crippen LogP contribution in [0, 0.1) is 24.1 Å². The van der Waals surface area contributed by atoms with Crippen LogP contribution in [0.25, 0.3) is 21.3 Å². The summed E-state index contributed by atoms with van der Waals surface area (Å²) in [6.45, 7) is 1.83. The number of hydrogen-bond donors (Lipinski definition) is 0. The SMILES string of the molecule is Cc1csc(C(C#N)C(=O)CSc2ncnc3scc(-c4ccc(F)cc4)c23)n1. The second kappa shape index (κ2) is 8.37. The summed E-state index contributed by atoms with van der Waals surface area (Å²) in [7, 11) is 0. The van der Waals surface area contributed by atoms with Crippen molar-refractivity contribution in [3.8, 4) is 17.2 Å². The maximum atomic E-state index is 13.3. The van der Waals surface area contributed by atoms with Gasteiger partial charge in [0.2, 0.25) is 0 Å². The first kappa shape index (κ1) is 19.6. The number of hydrogen-bond acceptors (Lipinski definition) is 8. The maximum absolute atomic E-state index is 13.3. The molecule has 0 bridgehead atoms. The van der Waals surface area contributed by atoms with Crippen LogP contribution < -0.4 is 0 Å². The van der Waals surface area contributed by atoms with E-state index < -0.39 is 5.92 Å². The molecule has 0 aliphatic heterocycles. The molecule has 0 saturated carbocycles. The van der Waals surface area contributed by atoms with Gasteiger partial charge in [-0.3, -0.25) is 4.79 Å². The number of thiazole rings is 1. The molecule has 3 aromatic heterocycles. The molecule has 0 spiro atoms. The van der Waals surface area contributed by atoms with Gasteiger partial charge in [0.1, 0.15) is 27.0 Å². The van der Waals surface area contributed by atoms with Crippen molar-refractivity contribution < 1.29 is 9.18 Å². The molecule has 1 aromatic carbocycles. The largest absolute Gasteiger partial charge is 0.297 e. The van der Waals surface area contributed by atoms with Crippen LogP contribution in [-0.2, 0) is 4.79 Å². The molecule has 0 aliphatic rings. The number of carbonyl (C=O) groups is 1. The normalized spacial score (nSPS) is 12.0. The van der Waals surface area contributed by atoms with E-state index in [9.17, 15) is 14.4 Å². The quantitative estimate of drug-likeness (QED) is 0.302. The van der Waals surface area contributed by atoms with Crippen molar-refractivity contribution in [2.24, 2.45) is 0 Å². The fraction of sp³-hybridized carbons (Fsp3) is 0.150. The van der Waals surface area contributed by atoms with Gasteiger partial charge in [-0.2, -0.15) is 5.26 Å². The minimum atomic E-state index is -0.877. The lowest BCUT2D eigenvalue weighted by molar-refractivity contribution is -0.116. The molecule has 3 heterocycles. The molecule has 1 unspecified atom stereocenters. The third-order valence-corrected chi connectivity index (χ3v) is 7.10. The van der Waals surface area contributed by atoms with E-state index in [1.807, 2.05) is 17.7 Å². The predicted molar refractivity (Wildman–Crippen MR) is 114 cm³/mol. The Labute approximate surface area is 178 Å². The lowest BCUT2D eigenvalue weighted by atomic mass is 10.1. The standard InChI is InChI=1S/C20H13FN4OS3/c1-11-7-27-18(25-11)14(6-22)16(26)9-29-20-17-15(8-28-19(17)23-10-24-20)12-2-4-13(21)5-3-12/h2-5,7-8,10,14H,9H2,1H3. The van der Waals surface area contributed by atoms with Crippen LogP contribution in [0.2, 0.25) is 0 Å². The van der Waals surface area contributed by atoms with E-state index in [2.05, 4.69) is 21.0 Å². The first-order chi connectivity index (χ1) is 14.1. The second-order valence-electron chi connectivity index (χ2n) is 6.16. The smallest absolute Gasteiger partial charge is 0.167 e. The minimum Gasteiger partial charge on any atom is -0.297 e. The number of ketones is 1. The summed E-state index contributed by atoms with van der Waals surface area (Å²) in [6, 6.07) is 8.30. The van der Waals surface area contributed by atoms with E-state index in [4.69, 9.17) is 0 Å². The number of halogens is 1. The summed E-state index contributed by atoms with van der Waals surface area (Å²) >= 11 is 4.06. The van der Waals surface area contributed by atoms with E-state index in [0.29, 0.717) is 10.0 Å². The molecule has 1 atom stereocenters. The Bertz CT molecular complexity index is 1230. The lowest BCUT2D eigenvalue weighted by Crippen LogP contribution is -2.13. The van der Waals surface area contributed by atoms with Crippen LogP contribution in [0.1, 0.15) is 16.6 Å². The van der Waals surface area contributed by atoms with E-state index >= 15 is 0 Å². The van der Waals surface area contributed by atoms with Gasteiger partial charge in [-0.15, -0.1) is 22.7 Å². The van der Waals surface area contributed by atoms with Crippen LogP contribution >= 0.6 is 34.4 Å².